The summed E-state index contributed by atoms with van der Waals surface area (Å²) in [6.45, 7) is 2.80. The molecule has 0 spiro atoms. The Morgan fingerprint density at radius 1 is 1.33 bits per heavy atom. The number of likely N-dealkylation sites (N-methyl/N-ethyl adjacent to an activating group) is 1. The number of rotatable bonds is 4. The molecule has 0 saturated carbocycles. The number of hydrogen-bond acceptors (Lipinski definition) is 2. The smallest absolute Gasteiger partial charge is 0.119 e. The normalized spacial score (nSPS) is 12.5. The number of ether oxygens (including phenoxy) is 1. The molecule has 1 aromatic carbocycles. The molecule has 1 rings (SSSR count). The van der Waals surface area contributed by atoms with Gasteiger partial charge in [-0.05, 0) is 26.1 Å². The Morgan fingerprint density at radius 2 is 2.00 bits per heavy atom. The highest BCUT2D eigenvalue weighted by Crippen LogP contribution is 2.07. The quantitative estimate of drug-likeness (QED) is 0.732. The lowest BCUT2D eigenvalue weighted by Crippen LogP contribution is -2.28. The Hall–Kier alpha value is -1.02. The van der Waals surface area contributed by atoms with Gasteiger partial charge in [-0.15, -0.1) is 0 Å². The molecule has 66 valence electrons. The van der Waals surface area contributed by atoms with E-state index in [1.807, 2.05) is 37.4 Å². The van der Waals surface area contributed by atoms with E-state index >= 15 is 0 Å². The standard InChI is InChI=1S/C10H15NO/c1-9(11-2)8-12-10-6-4-3-5-7-10/h3-7,9,11H,8H2,1-2H3. The van der Waals surface area contributed by atoms with Crippen molar-refractivity contribution in [3.63, 3.8) is 0 Å². The van der Waals surface area contributed by atoms with Gasteiger partial charge >= 0.3 is 0 Å². The summed E-state index contributed by atoms with van der Waals surface area (Å²) < 4.78 is 5.50. The maximum atomic E-state index is 5.50. The summed E-state index contributed by atoms with van der Waals surface area (Å²) in [5, 5.41) is 3.11. The van der Waals surface area contributed by atoms with Crippen LogP contribution in [0.3, 0.4) is 0 Å². The average Bonchev–Trinajstić information content (AvgIpc) is 2.16. The van der Waals surface area contributed by atoms with Crippen LogP contribution in [0.25, 0.3) is 0 Å². The maximum Gasteiger partial charge on any atom is 0.119 e. The van der Waals surface area contributed by atoms with Crippen LogP contribution in [0.4, 0.5) is 0 Å². The second kappa shape index (κ2) is 4.78. The highest BCUT2D eigenvalue weighted by atomic mass is 16.5. The SMILES string of the molecule is CNC(C)COc1ccccc1. The minimum atomic E-state index is 0.394. The van der Waals surface area contributed by atoms with Crippen LogP contribution < -0.4 is 10.1 Å². The summed E-state index contributed by atoms with van der Waals surface area (Å²) in [5.74, 6) is 0.930. The molecule has 0 saturated heterocycles. The molecule has 12 heavy (non-hydrogen) atoms. The Kier molecular flexibility index (Phi) is 3.61. The van der Waals surface area contributed by atoms with Crippen LogP contribution in [0.15, 0.2) is 30.3 Å². The zero-order valence-corrected chi connectivity index (χ0v) is 7.58. The van der Waals surface area contributed by atoms with Crippen molar-refractivity contribution in [2.24, 2.45) is 0 Å². The van der Waals surface area contributed by atoms with Crippen molar-refractivity contribution in [2.75, 3.05) is 13.7 Å². The van der Waals surface area contributed by atoms with Gasteiger partial charge in [0.15, 0.2) is 0 Å². The van der Waals surface area contributed by atoms with Crippen molar-refractivity contribution in [1.29, 1.82) is 0 Å². The molecule has 2 heteroatoms. The van der Waals surface area contributed by atoms with Gasteiger partial charge in [0, 0.05) is 6.04 Å². The van der Waals surface area contributed by atoms with E-state index in [0.29, 0.717) is 12.6 Å². The van der Waals surface area contributed by atoms with Gasteiger partial charge in [-0.3, -0.25) is 0 Å². The van der Waals surface area contributed by atoms with Gasteiger partial charge in [-0.25, -0.2) is 0 Å². The molecule has 1 unspecified atom stereocenters. The molecule has 0 bridgehead atoms. The van der Waals surface area contributed by atoms with Gasteiger partial charge in [0.05, 0.1) is 0 Å². The molecule has 0 fully saturated rings. The fourth-order valence-corrected chi connectivity index (χ4v) is 0.821. The third-order valence-electron chi connectivity index (χ3n) is 1.74. The summed E-state index contributed by atoms with van der Waals surface area (Å²) in [5.41, 5.74) is 0. The van der Waals surface area contributed by atoms with Crippen molar-refractivity contribution >= 4 is 0 Å². The largest absolute Gasteiger partial charge is 0.492 e. The summed E-state index contributed by atoms with van der Waals surface area (Å²) in [7, 11) is 1.93. The number of hydrogen-bond donors (Lipinski definition) is 1. The summed E-state index contributed by atoms with van der Waals surface area (Å²) in [6.07, 6.45) is 0. The molecular formula is C10H15NO. The zero-order valence-electron chi connectivity index (χ0n) is 7.58. The van der Waals surface area contributed by atoms with Crippen LogP contribution in [-0.4, -0.2) is 19.7 Å². The van der Waals surface area contributed by atoms with Crippen molar-refractivity contribution in [3.05, 3.63) is 30.3 Å². The van der Waals surface area contributed by atoms with E-state index in [4.69, 9.17) is 4.74 Å². The van der Waals surface area contributed by atoms with Crippen LogP contribution in [0, 0.1) is 0 Å². The van der Waals surface area contributed by atoms with E-state index in [9.17, 15) is 0 Å². The maximum absolute atomic E-state index is 5.50. The van der Waals surface area contributed by atoms with E-state index < -0.39 is 0 Å². The number of para-hydroxylation sites is 1. The first kappa shape index (κ1) is 9.07. The minimum absolute atomic E-state index is 0.394. The lowest BCUT2D eigenvalue weighted by atomic mass is 10.3. The van der Waals surface area contributed by atoms with Crippen LogP contribution in [-0.2, 0) is 0 Å². The monoisotopic (exact) mass is 165 g/mol. The lowest BCUT2D eigenvalue weighted by Gasteiger charge is -2.11. The predicted octanol–water partition coefficient (Wildman–Crippen LogP) is 1.67. The van der Waals surface area contributed by atoms with Crippen molar-refractivity contribution < 1.29 is 4.74 Å². The van der Waals surface area contributed by atoms with Gasteiger partial charge < -0.3 is 10.1 Å². The van der Waals surface area contributed by atoms with Gasteiger partial charge in [0.1, 0.15) is 12.4 Å². The Bertz CT molecular complexity index is 210. The van der Waals surface area contributed by atoms with Crippen molar-refractivity contribution in [2.45, 2.75) is 13.0 Å². The van der Waals surface area contributed by atoms with E-state index in [1.165, 1.54) is 0 Å². The van der Waals surface area contributed by atoms with Gasteiger partial charge in [-0.1, -0.05) is 18.2 Å². The Morgan fingerprint density at radius 3 is 2.58 bits per heavy atom. The molecule has 0 amide bonds. The molecule has 0 radical (unpaired) electrons. The fraction of sp³-hybridized carbons (Fsp3) is 0.400. The average molecular weight is 165 g/mol. The molecule has 1 aromatic rings. The molecule has 1 N–H and O–H groups in total. The van der Waals surface area contributed by atoms with Gasteiger partial charge in [0.25, 0.3) is 0 Å². The molecule has 1 atom stereocenters. The van der Waals surface area contributed by atoms with Gasteiger partial charge in [0.2, 0.25) is 0 Å². The molecule has 0 aromatic heterocycles. The molecule has 0 aliphatic carbocycles. The van der Waals surface area contributed by atoms with Crippen LogP contribution in [0.1, 0.15) is 6.92 Å². The second-order valence-corrected chi connectivity index (χ2v) is 2.81. The summed E-state index contributed by atoms with van der Waals surface area (Å²) >= 11 is 0. The molecule has 2 nitrogen and oxygen atoms in total. The first-order valence-electron chi connectivity index (χ1n) is 4.18. The number of benzene rings is 1. The van der Waals surface area contributed by atoms with Gasteiger partial charge in [-0.2, -0.15) is 0 Å². The molecule has 0 aliphatic rings. The highest BCUT2D eigenvalue weighted by Gasteiger charge is 1.97. The van der Waals surface area contributed by atoms with E-state index in [-0.39, 0.29) is 0 Å². The Balaban J connectivity index is 2.33. The zero-order chi connectivity index (χ0) is 8.81. The van der Waals surface area contributed by atoms with Crippen LogP contribution >= 0.6 is 0 Å². The topological polar surface area (TPSA) is 21.3 Å². The molecule has 0 heterocycles. The van der Waals surface area contributed by atoms with E-state index in [0.717, 1.165) is 5.75 Å². The second-order valence-electron chi connectivity index (χ2n) is 2.81. The summed E-state index contributed by atoms with van der Waals surface area (Å²) in [4.78, 5) is 0. The number of nitrogens with one attached hydrogen (secondary N) is 1. The first-order valence-corrected chi connectivity index (χ1v) is 4.18. The van der Waals surface area contributed by atoms with Crippen LogP contribution in [0.2, 0.25) is 0 Å². The van der Waals surface area contributed by atoms with E-state index in [1.54, 1.807) is 0 Å². The van der Waals surface area contributed by atoms with Crippen molar-refractivity contribution in [3.8, 4) is 5.75 Å². The molecule has 0 aliphatic heterocycles. The highest BCUT2D eigenvalue weighted by molar-refractivity contribution is 5.20. The first-order chi connectivity index (χ1) is 5.83. The molecular weight excluding hydrogens is 150 g/mol. The van der Waals surface area contributed by atoms with E-state index in [2.05, 4.69) is 12.2 Å². The fourth-order valence-electron chi connectivity index (χ4n) is 0.821. The van der Waals surface area contributed by atoms with Crippen LogP contribution in [0.5, 0.6) is 5.75 Å². The summed E-state index contributed by atoms with van der Waals surface area (Å²) in [6, 6.07) is 10.2. The third kappa shape index (κ3) is 2.93. The minimum Gasteiger partial charge on any atom is -0.492 e. The third-order valence-corrected chi connectivity index (χ3v) is 1.74. The lowest BCUT2D eigenvalue weighted by molar-refractivity contribution is 0.280. The predicted molar refractivity (Wildman–Crippen MR) is 50.5 cm³/mol. The van der Waals surface area contributed by atoms with Crippen molar-refractivity contribution in [1.82, 2.24) is 5.32 Å². The Labute approximate surface area is 73.6 Å².